The number of hydrogen-bond donors (Lipinski definition) is 1. The molecule has 5 nitrogen and oxygen atoms in total. The van der Waals surface area contributed by atoms with Crippen molar-refractivity contribution < 1.29 is 19.4 Å². The molecule has 19 heavy (non-hydrogen) atoms. The lowest BCUT2D eigenvalue weighted by atomic mass is 9.83. The Morgan fingerprint density at radius 3 is 2.53 bits per heavy atom. The van der Waals surface area contributed by atoms with Gasteiger partial charge in [-0.3, -0.25) is 9.59 Å². The minimum atomic E-state index is -0.834. The Morgan fingerprint density at radius 1 is 1.26 bits per heavy atom. The quantitative estimate of drug-likeness (QED) is 0.845. The zero-order chi connectivity index (χ0) is 13.9. The molecule has 0 aromatic rings. The first-order chi connectivity index (χ1) is 9.09. The first-order valence-electron chi connectivity index (χ1n) is 7.17. The summed E-state index contributed by atoms with van der Waals surface area (Å²) in [5.41, 5.74) is -0.695. The van der Waals surface area contributed by atoms with Gasteiger partial charge in [0.2, 0.25) is 0 Å². The number of rotatable bonds is 4. The summed E-state index contributed by atoms with van der Waals surface area (Å²) in [7, 11) is 1.60. The lowest BCUT2D eigenvalue weighted by Crippen LogP contribution is -2.53. The van der Waals surface area contributed by atoms with Crippen LogP contribution in [0.4, 0.5) is 0 Å². The zero-order valence-electron chi connectivity index (χ0n) is 11.6. The highest BCUT2D eigenvalue weighted by molar-refractivity contribution is 5.86. The van der Waals surface area contributed by atoms with Crippen molar-refractivity contribution in [3.8, 4) is 0 Å². The Hall–Kier alpha value is -1.10. The van der Waals surface area contributed by atoms with Crippen molar-refractivity contribution >= 4 is 11.9 Å². The number of carbonyl (C=O) groups is 2. The van der Waals surface area contributed by atoms with Crippen LogP contribution in [-0.4, -0.2) is 47.2 Å². The second kappa shape index (κ2) is 5.90. The van der Waals surface area contributed by atoms with E-state index >= 15 is 0 Å². The Labute approximate surface area is 113 Å². The van der Waals surface area contributed by atoms with Crippen LogP contribution in [-0.2, 0) is 14.3 Å². The standard InChI is InChI=1S/C14H23NO4/c1-19-14(7-3-2-4-8-14)13(18)15-9-5-6-11(15)10-12(16)17/h11H,2-10H2,1H3,(H,16,17). The molecule has 1 saturated carbocycles. The number of carboxylic acid groups (broad SMARTS) is 1. The van der Waals surface area contributed by atoms with Gasteiger partial charge in [-0.25, -0.2) is 0 Å². The molecular formula is C14H23NO4. The van der Waals surface area contributed by atoms with Gasteiger partial charge in [0.25, 0.3) is 5.91 Å². The highest BCUT2D eigenvalue weighted by Crippen LogP contribution is 2.35. The molecular weight excluding hydrogens is 246 g/mol. The molecule has 5 heteroatoms. The third-order valence-corrected chi connectivity index (χ3v) is 4.49. The lowest BCUT2D eigenvalue weighted by molar-refractivity contribution is -0.160. The van der Waals surface area contributed by atoms with E-state index in [0.717, 1.165) is 44.9 Å². The lowest BCUT2D eigenvalue weighted by Gasteiger charge is -2.39. The first kappa shape index (κ1) is 14.3. The van der Waals surface area contributed by atoms with Crippen LogP contribution >= 0.6 is 0 Å². The van der Waals surface area contributed by atoms with Crippen molar-refractivity contribution in [2.24, 2.45) is 0 Å². The smallest absolute Gasteiger partial charge is 0.305 e. The number of carbonyl (C=O) groups excluding carboxylic acids is 1. The van der Waals surface area contributed by atoms with Crippen LogP contribution < -0.4 is 0 Å². The maximum atomic E-state index is 12.8. The molecule has 0 bridgehead atoms. The number of aliphatic carboxylic acids is 1. The van der Waals surface area contributed by atoms with E-state index in [4.69, 9.17) is 9.84 Å². The van der Waals surface area contributed by atoms with Gasteiger partial charge < -0.3 is 14.7 Å². The molecule has 1 heterocycles. The number of carboxylic acids is 1. The van der Waals surface area contributed by atoms with E-state index in [1.807, 2.05) is 0 Å². The van der Waals surface area contributed by atoms with Crippen molar-refractivity contribution in [3.05, 3.63) is 0 Å². The first-order valence-corrected chi connectivity index (χ1v) is 7.17. The highest BCUT2D eigenvalue weighted by atomic mass is 16.5. The predicted molar refractivity (Wildman–Crippen MR) is 69.8 cm³/mol. The van der Waals surface area contributed by atoms with Gasteiger partial charge in [-0.1, -0.05) is 19.3 Å². The molecule has 2 fully saturated rings. The second-order valence-electron chi connectivity index (χ2n) is 5.65. The Balaban J connectivity index is 2.10. The van der Waals surface area contributed by atoms with Crippen molar-refractivity contribution in [1.82, 2.24) is 4.90 Å². The molecule has 0 aromatic carbocycles. The second-order valence-corrected chi connectivity index (χ2v) is 5.65. The fourth-order valence-corrected chi connectivity index (χ4v) is 3.41. The maximum Gasteiger partial charge on any atom is 0.305 e. The molecule has 1 aliphatic heterocycles. The number of amides is 1. The van der Waals surface area contributed by atoms with Crippen LogP contribution in [0, 0.1) is 0 Å². The Morgan fingerprint density at radius 2 is 1.95 bits per heavy atom. The third-order valence-electron chi connectivity index (χ3n) is 4.49. The van der Waals surface area contributed by atoms with Gasteiger partial charge >= 0.3 is 5.97 Å². The van der Waals surface area contributed by atoms with Crippen molar-refractivity contribution in [2.45, 2.75) is 63.0 Å². The number of nitrogens with zero attached hydrogens (tertiary/aromatic N) is 1. The molecule has 0 aromatic heterocycles. The van der Waals surface area contributed by atoms with Crippen molar-refractivity contribution in [3.63, 3.8) is 0 Å². The molecule has 2 rings (SSSR count). The van der Waals surface area contributed by atoms with Gasteiger partial charge in [0.05, 0.1) is 6.42 Å². The molecule has 2 aliphatic rings. The summed E-state index contributed by atoms with van der Waals surface area (Å²) >= 11 is 0. The van der Waals surface area contributed by atoms with E-state index < -0.39 is 11.6 Å². The minimum absolute atomic E-state index is 0.0125. The summed E-state index contributed by atoms with van der Waals surface area (Å²) in [6, 6.07) is -0.154. The van der Waals surface area contributed by atoms with E-state index in [-0.39, 0.29) is 18.4 Å². The molecule has 1 saturated heterocycles. The summed E-state index contributed by atoms with van der Waals surface area (Å²) in [6.45, 7) is 0.669. The van der Waals surface area contributed by atoms with Gasteiger partial charge in [0.15, 0.2) is 0 Å². The number of likely N-dealkylation sites (tertiary alicyclic amines) is 1. The molecule has 1 N–H and O–H groups in total. The molecule has 1 unspecified atom stereocenters. The van der Waals surface area contributed by atoms with Crippen LogP contribution in [0.5, 0.6) is 0 Å². The number of methoxy groups -OCH3 is 1. The Bertz CT molecular complexity index is 349. The van der Waals surface area contributed by atoms with E-state index in [9.17, 15) is 9.59 Å². The fourth-order valence-electron chi connectivity index (χ4n) is 3.41. The van der Waals surface area contributed by atoms with E-state index in [1.54, 1.807) is 12.0 Å². The maximum absolute atomic E-state index is 12.8. The minimum Gasteiger partial charge on any atom is -0.481 e. The zero-order valence-corrected chi connectivity index (χ0v) is 11.6. The van der Waals surface area contributed by atoms with Crippen molar-refractivity contribution in [2.75, 3.05) is 13.7 Å². The number of hydrogen-bond acceptors (Lipinski definition) is 3. The molecule has 1 atom stereocenters. The van der Waals surface area contributed by atoms with Gasteiger partial charge in [0.1, 0.15) is 5.60 Å². The summed E-state index contributed by atoms with van der Waals surface area (Å²) in [5.74, 6) is -0.821. The van der Waals surface area contributed by atoms with Crippen LogP contribution in [0.3, 0.4) is 0 Å². The predicted octanol–water partition coefficient (Wildman–Crippen LogP) is 1.80. The molecule has 0 spiro atoms. The molecule has 1 aliphatic carbocycles. The average Bonchev–Trinajstić information content (AvgIpc) is 2.85. The van der Waals surface area contributed by atoms with E-state index in [2.05, 4.69) is 0 Å². The average molecular weight is 269 g/mol. The SMILES string of the molecule is COC1(C(=O)N2CCCC2CC(=O)O)CCCCC1. The van der Waals surface area contributed by atoms with Crippen LogP contribution in [0.15, 0.2) is 0 Å². The van der Waals surface area contributed by atoms with Gasteiger partial charge in [-0.15, -0.1) is 0 Å². The molecule has 0 radical (unpaired) electrons. The van der Waals surface area contributed by atoms with E-state index in [1.165, 1.54) is 0 Å². The monoisotopic (exact) mass is 269 g/mol. The van der Waals surface area contributed by atoms with Crippen molar-refractivity contribution in [1.29, 1.82) is 0 Å². The van der Waals surface area contributed by atoms with Gasteiger partial charge in [0, 0.05) is 19.7 Å². The Kier molecular flexibility index (Phi) is 4.45. The van der Waals surface area contributed by atoms with Gasteiger partial charge in [-0.05, 0) is 25.7 Å². The summed E-state index contributed by atoms with van der Waals surface area (Å²) in [5, 5.41) is 8.94. The summed E-state index contributed by atoms with van der Waals surface area (Å²) in [4.78, 5) is 25.4. The number of ether oxygens (including phenoxy) is 1. The van der Waals surface area contributed by atoms with Gasteiger partial charge in [-0.2, -0.15) is 0 Å². The summed E-state index contributed by atoms with van der Waals surface area (Å²) in [6.07, 6.45) is 6.43. The molecule has 108 valence electrons. The fraction of sp³-hybridized carbons (Fsp3) is 0.857. The topological polar surface area (TPSA) is 66.8 Å². The van der Waals surface area contributed by atoms with E-state index in [0.29, 0.717) is 6.54 Å². The largest absolute Gasteiger partial charge is 0.481 e. The normalized spacial score (nSPS) is 26.4. The molecule has 1 amide bonds. The van der Waals surface area contributed by atoms with Crippen LogP contribution in [0.1, 0.15) is 51.4 Å². The highest BCUT2D eigenvalue weighted by Gasteiger charge is 2.45. The van der Waals surface area contributed by atoms with Crippen LogP contribution in [0.25, 0.3) is 0 Å². The summed E-state index contributed by atoms with van der Waals surface area (Å²) < 4.78 is 5.57. The third kappa shape index (κ3) is 2.91. The van der Waals surface area contributed by atoms with Crippen LogP contribution in [0.2, 0.25) is 0 Å².